The topological polar surface area (TPSA) is 38.5 Å². The van der Waals surface area contributed by atoms with Gasteiger partial charge < -0.3 is 15.4 Å². The van der Waals surface area contributed by atoms with Crippen LogP contribution in [0.3, 0.4) is 0 Å². The van der Waals surface area contributed by atoms with Gasteiger partial charge in [0.25, 0.3) is 0 Å². The number of halogens is 1. The molecule has 0 aliphatic rings. The highest BCUT2D eigenvalue weighted by Gasteiger charge is 2.18. The molecule has 1 atom stereocenters. The standard InChI is InChI=1S/C15H19FN2OS/c1-4-19-14-9-13(12(17)8-11(14)16)18(3)10(2)15-6-5-7-20-15/h5-10H,4,17H2,1-3H3. The summed E-state index contributed by atoms with van der Waals surface area (Å²) in [6.07, 6.45) is 0. The molecule has 1 unspecified atom stereocenters. The van der Waals surface area contributed by atoms with E-state index >= 15 is 0 Å². The Morgan fingerprint density at radius 3 is 2.80 bits per heavy atom. The van der Waals surface area contributed by atoms with Crippen LogP contribution in [0, 0.1) is 5.82 Å². The third-order valence-corrected chi connectivity index (χ3v) is 4.34. The molecule has 5 heteroatoms. The third-order valence-electron chi connectivity index (χ3n) is 3.30. The lowest BCUT2D eigenvalue weighted by atomic mass is 10.1. The van der Waals surface area contributed by atoms with Crippen molar-refractivity contribution < 1.29 is 9.13 Å². The van der Waals surface area contributed by atoms with Crippen molar-refractivity contribution in [1.82, 2.24) is 0 Å². The van der Waals surface area contributed by atoms with E-state index in [1.807, 2.05) is 30.3 Å². The molecule has 0 saturated heterocycles. The second-order valence-corrected chi connectivity index (χ2v) is 5.56. The molecule has 0 aliphatic carbocycles. The number of hydrogen-bond acceptors (Lipinski definition) is 4. The monoisotopic (exact) mass is 294 g/mol. The van der Waals surface area contributed by atoms with Crippen molar-refractivity contribution in [3.63, 3.8) is 0 Å². The molecule has 0 bridgehead atoms. The van der Waals surface area contributed by atoms with E-state index in [2.05, 4.69) is 13.0 Å². The summed E-state index contributed by atoms with van der Waals surface area (Å²) in [5.74, 6) is -0.188. The van der Waals surface area contributed by atoms with Crippen molar-refractivity contribution in [3.05, 3.63) is 40.3 Å². The summed E-state index contributed by atoms with van der Waals surface area (Å²) in [5.41, 5.74) is 7.13. The lowest BCUT2D eigenvalue weighted by Gasteiger charge is -2.28. The van der Waals surface area contributed by atoms with Crippen LogP contribution in [0.25, 0.3) is 0 Å². The quantitative estimate of drug-likeness (QED) is 0.845. The van der Waals surface area contributed by atoms with Gasteiger partial charge in [0.15, 0.2) is 11.6 Å². The Morgan fingerprint density at radius 1 is 1.45 bits per heavy atom. The molecule has 0 fully saturated rings. The zero-order valence-corrected chi connectivity index (χ0v) is 12.7. The van der Waals surface area contributed by atoms with E-state index in [9.17, 15) is 4.39 Å². The molecule has 2 rings (SSSR count). The Labute approximate surface area is 122 Å². The van der Waals surface area contributed by atoms with Crippen LogP contribution in [-0.4, -0.2) is 13.7 Å². The third kappa shape index (κ3) is 2.88. The molecule has 1 aromatic heterocycles. The summed E-state index contributed by atoms with van der Waals surface area (Å²) in [4.78, 5) is 3.26. The van der Waals surface area contributed by atoms with Crippen LogP contribution in [0.2, 0.25) is 0 Å². The zero-order chi connectivity index (χ0) is 14.7. The predicted molar refractivity (Wildman–Crippen MR) is 83.1 cm³/mol. The van der Waals surface area contributed by atoms with Crippen molar-refractivity contribution in [1.29, 1.82) is 0 Å². The number of hydrogen-bond donors (Lipinski definition) is 1. The van der Waals surface area contributed by atoms with Gasteiger partial charge in [-0.1, -0.05) is 6.07 Å². The van der Waals surface area contributed by atoms with Crippen molar-refractivity contribution in [2.45, 2.75) is 19.9 Å². The van der Waals surface area contributed by atoms with E-state index in [0.717, 1.165) is 5.69 Å². The Bertz CT molecular complexity index is 572. The Hall–Kier alpha value is -1.75. The number of thiophene rings is 1. The smallest absolute Gasteiger partial charge is 0.167 e. The van der Waals surface area contributed by atoms with Gasteiger partial charge in [-0.15, -0.1) is 11.3 Å². The van der Waals surface area contributed by atoms with Gasteiger partial charge in [-0.25, -0.2) is 4.39 Å². The van der Waals surface area contributed by atoms with E-state index in [0.29, 0.717) is 12.3 Å². The van der Waals surface area contributed by atoms with Crippen molar-refractivity contribution in [2.75, 3.05) is 24.3 Å². The summed E-state index contributed by atoms with van der Waals surface area (Å²) < 4.78 is 19.0. The second kappa shape index (κ2) is 6.13. The SMILES string of the molecule is CCOc1cc(N(C)C(C)c2cccs2)c(N)cc1F. The maximum Gasteiger partial charge on any atom is 0.167 e. The number of anilines is 2. The molecule has 3 nitrogen and oxygen atoms in total. The molecule has 0 amide bonds. The molecule has 108 valence electrons. The Morgan fingerprint density at radius 2 is 2.20 bits per heavy atom. The van der Waals surface area contributed by atoms with Crippen LogP contribution < -0.4 is 15.4 Å². The first-order valence-corrected chi connectivity index (χ1v) is 7.40. The van der Waals surface area contributed by atoms with Crippen LogP contribution in [0.5, 0.6) is 5.75 Å². The lowest BCUT2D eigenvalue weighted by Crippen LogP contribution is -2.22. The fraction of sp³-hybridized carbons (Fsp3) is 0.333. The summed E-state index contributed by atoms with van der Waals surface area (Å²) in [6, 6.07) is 7.24. The highest BCUT2D eigenvalue weighted by molar-refractivity contribution is 7.10. The molecule has 20 heavy (non-hydrogen) atoms. The number of rotatable bonds is 5. The maximum atomic E-state index is 13.7. The van der Waals surface area contributed by atoms with Crippen LogP contribution in [-0.2, 0) is 0 Å². The normalized spacial score (nSPS) is 12.2. The van der Waals surface area contributed by atoms with Gasteiger partial charge in [0.05, 0.1) is 24.0 Å². The van der Waals surface area contributed by atoms with E-state index in [4.69, 9.17) is 10.5 Å². The molecule has 2 aromatic rings. The Balaban J connectivity index is 2.33. The molecule has 2 N–H and O–H groups in total. The number of nitrogen functional groups attached to an aromatic ring is 1. The summed E-state index contributed by atoms with van der Waals surface area (Å²) in [5, 5.41) is 2.04. The van der Waals surface area contributed by atoms with Gasteiger partial charge in [-0.3, -0.25) is 0 Å². The number of benzene rings is 1. The summed E-state index contributed by atoms with van der Waals surface area (Å²) >= 11 is 1.69. The molecule has 1 heterocycles. The van der Waals surface area contributed by atoms with E-state index in [-0.39, 0.29) is 11.8 Å². The molecule has 0 saturated carbocycles. The predicted octanol–water partition coefficient (Wildman–Crippen LogP) is 4.07. The van der Waals surface area contributed by atoms with Crippen molar-refractivity contribution in [2.24, 2.45) is 0 Å². The second-order valence-electron chi connectivity index (χ2n) is 4.58. The number of nitrogens with two attached hydrogens (primary N) is 1. The van der Waals surface area contributed by atoms with Gasteiger partial charge in [0.1, 0.15) is 0 Å². The highest BCUT2D eigenvalue weighted by Crippen LogP contribution is 2.35. The highest BCUT2D eigenvalue weighted by atomic mass is 32.1. The minimum Gasteiger partial charge on any atom is -0.491 e. The zero-order valence-electron chi connectivity index (χ0n) is 11.9. The number of ether oxygens (including phenoxy) is 1. The molecule has 1 aromatic carbocycles. The largest absolute Gasteiger partial charge is 0.491 e. The van der Waals surface area contributed by atoms with Crippen LogP contribution >= 0.6 is 11.3 Å². The first kappa shape index (κ1) is 14.7. The van der Waals surface area contributed by atoms with Crippen LogP contribution in [0.1, 0.15) is 24.8 Å². The van der Waals surface area contributed by atoms with E-state index < -0.39 is 5.82 Å². The molecular formula is C15H19FN2OS. The lowest BCUT2D eigenvalue weighted by molar-refractivity contribution is 0.321. The van der Waals surface area contributed by atoms with Gasteiger partial charge in [-0.2, -0.15) is 0 Å². The van der Waals surface area contributed by atoms with Crippen LogP contribution in [0.15, 0.2) is 29.6 Å². The fourth-order valence-corrected chi connectivity index (χ4v) is 2.88. The van der Waals surface area contributed by atoms with Gasteiger partial charge in [0.2, 0.25) is 0 Å². The van der Waals surface area contributed by atoms with Crippen molar-refractivity contribution in [3.8, 4) is 5.75 Å². The molecular weight excluding hydrogens is 275 g/mol. The van der Waals surface area contributed by atoms with Gasteiger partial charge >= 0.3 is 0 Å². The first-order valence-electron chi connectivity index (χ1n) is 6.52. The molecule has 0 spiro atoms. The van der Waals surface area contributed by atoms with Crippen molar-refractivity contribution >= 4 is 22.7 Å². The summed E-state index contributed by atoms with van der Waals surface area (Å²) in [6.45, 7) is 4.34. The average Bonchev–Trinajstić information content (AvgIpc) is 2.94. The molecule has 0 radical (unpaired) electrons. The average molecular weight is 294 g/mol. The number of nitrogens with zero attached hydrogens (tertiary/aromatic N) is 1. The summed E-state index contributed by atoms with van der Waals surface area (Å²) in [7, 11) is 1.95. The minimum absolute atomic E-state index is 0.164. The van der Waals surface area contributed by atoms with E-state index in [1.165, 1.54) is 10.9 Å². The first-order chi connectivity index (χ1) is 9.54. The maximum absolute atomic E-state index is 13.7. The Kier molecular flexibility index (Phi) is 4.49. The van der Waals surface area contributed by atoms with Gasteiger partial charge in [-0.05, 0) is 25.3 Å². The fourth-order valence-electron chi connectivity index (χ4n) is 2.06. The molecule has 0 aliphatic heterocycles. The van der Waals surface area contributed by atoms with Crippen LogP contribution in [0.4, 0.5) is 15.8 Å². The van der Waals surface area contributed by atoms with E-state index in [1.54, 1.807) is 17.4 Å². The van der Waals surface area contributed by atoms with Gasteiger partial charge in [0, 0.05) is 24.1 Å². The minimum atomic E-state index is -0.426.